The maximum absolute atomic E-state index is 12.3. The van der Waals surface area contributed by atoms with Gasteiger partial charge in [-0.2, -0.15) is 0 Å². The Kier molecular flexibility index (Phi) is 4.63. The summed E-state index contributed by atoms with van der Waals surface area (Å²) < 4.78 is 24.5. The smallest absolute Gasteiger partial charge is 0.238 e. The zero-order chi connectivity index (χ0) is 14.8. The highest BCUT2D eigenvalue weighted by molar-refractivity contribution is 7.92. The van der Waals surface area contributed by atoms with Gasteiger partial charge in [0.15, 0.2) is 9.84 Å². The van der Waals surface area contributed by atoms with Crippen LogP contribution in [0.2, 0.25) is 5.02 Å². The SMILES string of the molecule is CC(C(=O)NC(C)(C)C)S(=O)(=O)c1ccc(Cl)cc1. The van der Waals surface area contributed by atoms with Crippen LogP contribution < -0.4 is 5.32 Å². The van der Waals surface area contributed by atoms with E-state index < -0.39 is 26.5 Å². The van der Waals surface area contributed by atoms with E-state index in [2.05, 4.69) is 5.32 Å². The molecule has 6 heteroatoms. The van der Waals surface area contributed by atoms with Crippen LogP contribution in [-0.2, 0) is 14.6 Å². The third kappa shape index (κ3) is 4.21. The maximum atomic E-state index is 12.3. The van der Waals surface area contributed by atoms with E-state index in [-0.39, 0.29) is 4.90 Å². The predicted molar refractivity (Wildman–Crippen MR) is 76.0 cm³/mol. The third-order valence-electron chi connectivity index (χ3n) is 2.48. The van der Waals surface area contributed by atoms with Crippen molar-refractivity contribution in [2.75, 3.05) is 0 Å². The average Bonchev–Trinajstić information content (AvgIpc) is 2.26. The Morgan fingerprint density at radius 3 is 2.11 bits per heavy atom. The number of rotatable bonds is 3. The van der Waals surface area contributed by atoms with E-state index in [1.807, 2.05) is 0 Å². The van der Waals surface area contributed by atoms with Crippen LogP contribution in [0.3, 0.4) is 0 Å². The molecule has 1 rings (SSSR count). The van der Waals surface area contributed by atoms with Crippen LogP contribution in [0.4, 0.5) is 0 Å². The Morgan fingerprint density at radius 1 is 1.21 bits per heavy atom. The standard InChI is InChI=1S/C13H18ClNO3S/c1-9(12(16)15-13(2,3)4)19(17,18)11-7-5-10(14)6-8-11/h5-9H,1-4H3,(H,15,16). The second-order valence-electron chi connectivity index (χ2n) is 5.38. The summed E-state index contributed by atoms with van der Waals surface area (Å²) in [6.45, 7) is 6.77. The van der Waals surface area contributed by atoms with Crippen molar-refractivity contribution < 1.29 is 13.2 Å². The topological polar surface area (TPSA) is 63.2 Å². The van der Waals surface area contributed by atoms with Gasteiger partial charge in [0.2, 0.25) is 5.91 Å². The third-order valence-corrected chi connectivity index (χ3v) is 4.80. The highest BCUT2D eigenvalue weighted by Crippen LogP contribution is 2.19. The van der Waals surface area contributed by atoms with Gasteiger partial charge in [-0.3, -0.25) is 4.79 Å². The first-order valence-corrected chi connectivity index (χ1v) is 7.78. The van der Waals surface area contributed by atoms with E-state index in [1.54, 1.807) is 20.8 Å². The lowest BCUT2D eigenvalue weighted by Gasteiger charge is -2.23. The Hall–Kier alpha value is -1.07. The molecule has 1 atom stereocenters. The van der Waals surface area contributed by atoms with E-state index in [0.717, 1.165) is 0 Å². The highest BCUT2D eigenvalue weighted by Gasteiger charge is 2.31. The number of amides is 1. The summed E-state index contributed by atoms with van der Waals surface area (Å²) in [6.07, 6.45) is 0. The molecule has 0 heterocycles. The van der Waals surface area contributed by atoms with Crippen molar-refractivity contribution in [2.45, 2.75) is 43.4 Å². The van der Waals surface area contributed by atoms with Gasteiger partial charge in [-0.25, -0.2) is 8.42 Å². The van der Waals surface area contributed by atoms with Gasteiger partial charge in [-0.05, 0) is 52.0 Å². The van der Waals surface area contributed by atoms with Crippen LogP contribution in [0.25, 0.3) is 0 Å². The summed E-state index contributed by atoms with van der Waals surface area (Å²) in [7, 11) is -3.70. The number of halogens is 1. The van der Waals surface area contributed by atoms with Crippen LogP contribution >= 0.6 is 11.6 Å². The van der Waals surface area contributed by atoms with Crippen LogP contribution in [0.5, 0.6) is 0 Å². The molecule has 1 N–H and O–H groups in total. The van der Waals surface area contributed by atoms with Gasteiger partial charge in [0.1, 0.15) is 5.25 Å². The summed E-state index contributed by atoms with van der Waals surface area (Å²) in [5.74, 6) is -0.512. The lowest BCUT2D eigenvalue weighted by molar-refractivity contribution is -0.121. The monoisotopic (exact) mass is 303 g/mol. The van der Waals surface area contributed by atoms with Gasteiger partial charge >= 0.3 is 0 Å². The van der Waals surface area contributed by atoms with Crippen molar-refractivity contribution in [3.05, 3.63) is 29.3 Å². The first-order valence-electron chi connectivity index (χ1n) is 5.85. The minimum Gasteiger partial charge on any atom is -0.350 e. The van der Waals surface area contributed by atoms with Crippen molar-refractivity contribution in [1.82, 2.24) is 5.32 Å². The molecule has 4 nitrogen and oxygen atoms in total. The van der Waals surface area contributed by atoms with Crippen molar-refractivity contribution in [3.8, 4) is 0 Å². The van der Waals surface area contributed by atoms with Crippen molar-refractivity contribution in [3.63, 3.8) is 0 Å². The lowest BCUT2D eigenvalue weighted by Crippen LogP contribution is -2.47. The van der Waals surface area contributed by atoms with Crippen LogP contribution in [0.1, 0.15) is 27.7 Å². The molecule has 0 aromatic heterocycles. The quantitative estimate of drug-likeness (QED) is 0.932. The second kappa shape index (κ2) is 5.51. The number of nitrogens with one attached hydrogen (secondary N) is 1. The van der Waals surface area contributed by atoms with E-state index in [9.17, 15) is 13.2 Å². The van der Waals surface area contributed by atoms with Crippen LogP contribution in [0, 0.1) is 0 Å². The lowest BCUT2D eigenvalue weighted by atomic mass is 10.1. The summed E-state index contributed by atoms with van der Waals surface area (Å²) in [6, 6.07) is 5.78. The molecule has 0 radical (unpaired) electrons. The number of hydrogen-bond acceptors (Lipinski definition) is 3. The molecule has 1 unspecified atom stereocenters. The van der Waals surface area contributed by atoms with Gasteiger partial charge in [0.25, 0.3) is 0 Å². The molecule has 0 aliphatic carbocycles. The minimum atomic E-state index is -3.70. The Morgan fingerprint density at radius 2 is 1.68 bits per heavy atom. The number of carbonyl (C=O) groups excluding carboxylic acids is 1. The minimum absolute atomic E-state index is 0.0912. The highest BCUT2D eigenvalue weighted by atomic mass is 35.5. The zero-order valence-corrected chi connectivity index (χ0v) is 13.0. The number of sulfone groups is 1. The summed E-state index contributed by atoms with van der Waals surface area (Å²) >= 11 is 5.72. The molecule has 0 bridgehead atoms. The first-order chi connectivity index (χ1) is 8.54. The number of carbonyl (C=O) groups is 1. The fourth-order valence-corrected chi connectivity index (χ4v) is 2.83. The number of hydrogen-bond donors (Lipinski definition) is 1. The van der Waals surface area contributed by atoms with Crippen LogP contribution in [-0.4, -0.2) is 25.1 Å². The average molecular weight is 304 g/mol. The molecular weight excluding hydrogens is 286 g/mol. The molecule has 0 fully saturated rings. The molecule has 106 valence electrons. The van der Waals surface area contributed by atoms with E-state index in [4.69, 9.17) is 11.6 Å². The Balaban J connectivity index is 3.00. The van der Waals surface area contributed by atoms with Gasteiger partial charge in [-0.15, -0.1) is 0 Å². The zero-order valence-electron chi connectivity index (χ0n) is 11.4. The predicted octanol–water partition coefficient (Wildman–Crippen LogP) is 2.42. The first kappa shape index (κ1) is 16.0. The molecule has 19 heavy (non-hydrogen) atoms. The Labute approximate surface area is 119 Å². The molecule has 1 amide bonds. The molecule has 1 aromatic carbocycles. The second-order valence-corrected chi connectivity index (χ2v) is 8.09. The van der Waals surface area contributed by atoms with Gasteiger partial charge < -0.3 is 5.32 Å². The molecule has 0 spiro atoms. The van der Waals surface area contributed by atoms with Gasteiger partial charge in [0.05, 0.1) is 4.90 Å². The largest absolute Gasteiger partial charge is 0.350 e. The molecule has 0 aliphatic rings. The van der Waals surface area contributed by atoms with Crippen LogP contribution in [0.15, 0.2) is 29.2 Å². The van der Waals surface area contributed by atoms with E-state index >= 15 is 0 Å². The fourth-order valence-electron chi connectivity index (χ4n) is 1.44. The van der Waals surface area contributed by atoms with Crippen molar-refractivity contribution in [1.29, 1.82) is 0 Å². The molecule has 0 saturated carbocycles. The fraction of sp³-hybridized carbons (Fsp3) is 0.462. The normalized spacial score (nSPS) is 13.9. The van der Waals surface area contributed by atoms with Gasteiger partial charge in [-0.1, -0.05) is 11.6 Å². The van der Waals surface area contributed by atoms with E-state index in [0.29, 0.717) is 5.02 Å². The van der Waals surface area contributed by atoms with Gasteiger partial charge in [0, 0.05) is 10.6 Å². The summed E-state index contributed by atoms with van der Waals surface area (Å²) in [4.78, 5) is 12.0. The number of benzene rings is 1. The maximum Gasteiger partial charge on any atom is 0.238 e. The molecule has 0 saturated heterocycles. The molecule has 1 aromatic rings. The van der Waals surface area contributed by atoms with Crippen molar-refractivity contribution in [2.24, 2.45) is 0 Å². The summed E-state index contributed by atoms with van der Waals surface area (Å²) in [5.41, 5.74) is -0.471. The van der Waals surface area contributed by atoms with E-state index in [1.165, 1.54) is 31.2 Å². The van der Waals surface area contributed by atoms with Crippen molar-refractivity contribution >= 4 is 27.3 Å². The molecule has 0 aliphatic heterocycles. The summed E-state index contributed by atoms with van der Waals surface area (Å²) in [5, 5.41) is 1.97. The Bertz CT molecular complexity index is 559. The molecular formula is C13H18ClNO3S.